The molecular weight excluding hydrogens is 476 g/mol. The average molecular weight is 496 g/mol. The summed E-state index contributed by atoms with van der Waals surface area (Å²) in [6.07, 6.45) is 0.841. The topological polar surface area (TPSA) is 112 Å². The molecule has 0 aliphatic carbocycles. The predicted molar refractivity (Wildman–Crippen MR) is 115 cm³/mol. The van der Waals surface area contributed by atoms with Crippen LogP contribution in [0.4, 0.5) is 5.82 Å². The van der Waals surface area contributed by atoms with E-state index in [1.807, 2.05) is 24.3 Å². The highest BCUT2D eigenvalue weighted by Gasteiger charge is 2.46. The Balaban J connectivity index is 1.44. The summed E-state index contributed by atoms with van der Waals surface area (Å²) in [7, 11) is 0. The lowest BCUT2D eigenvalue weighted by molar-refractivity contribution is -0.161. The molecule has 1 fully saturated rings. The Labute approximate surface area is 186 Å². The van der Waals surface area contributed by atoms with Gasteiger partial charge in [-0.15, -0.1) is 0 Å². The van der Waals surface area contributed by atoms with Crippen molar-refractivity contribution < 1.29 is 19.4 Å². The lowest BCUT2D eigenvalue weighted by Gasteiger charge is -2.27. The van der Waals surface area contributed by atoms with Crippen molar-refractivity contribution in [2.24, 2.45) is 0 Å². The molecule has 3 atom stereocenters. The van der Waals surface area contributed by atoms with Crippen molar-refractivity contribution in [1.82, 2.24) is 14.5 Å². The van der Waals surface area contributed by atoms with Gasteiger partial charge in [0.05, 0.1) is 17.9 Å². The van der Waals surface area contributed by atoms with Crippen LogP contribution in [0.25, 0.3) is 11.0 Å². The number of carbonyl (C=O) groups excluding carboxylic acids is 1. The number of fused-ring (bicyclic) bond motifs is 1. The van der Waals surface area contributed by atoms with Crippen molar-refractivity contribution in [2.75, 3.05) is 12.3 Å². The Morgan fingerprint density at radius 3 is 2.87 bits per heavy atom. The Bertz CT molecular complexity index is 1090. The fourth-order valence-corrected chi connectivity index (χ4v) is 3.92. The number of hydrogen-bond donors (Lipinski definition) is 2. The molecule has 3 aromatic rings. The molecule has 3 heterocycles. The molecule has 1 aromatic carbocycles. The van der Waals surface area contributed by atoms with E-state index in [2.05, 4.69) is 25.9 Å². The molecule has 0 unspecified atom stereocenters. The molecule has 0 radical (unpaired) electrons. The maximum atomic E-state index is 12.2. The number of nitrogens with two attached hydrogens (primary N) is 1. The number of anilines is 1. The second-order valence-electron chi connectivity index (χ2n) is 7.44. The Hall–Kier alpha value is -2.20. The van der Waals surface area contributed by atoms with Gasteiger partial charge in [0.25, 0.3) is 0 Å². The third-order valence-electron chi connectivity index (χ3n) is 5.20. The first-order valence-electron chi connectivity index (χ1n) is 9.31. The van der Waals surface area contributed by atoms with Crippen LogP contribution in [0.15, 0.2) is 41.0 Å². The molecule has 0 bridgehead atoms. The number of halogens is 2. The number of esters is 1. The fourth-order valence-electron chi connectivity index (χ4n) is 3.48. The number of nitrogens with zero attached hydrogens (tertiary/aromatic N) is 3. The van der Waals surface area contributed by atoms with Gasteiger partial charge in [0, 0.05) is 17.1 Å². The van der Waals surface area contributed by atoms with Crippen molar-refractivity contribution in [1.29, 1.82) is 0 Å². The van der Waals surface area contributed by atoms with Crippen molar-refractivity contribution >= 4 is 50.4 Å². The van der Waals surface area contributed by atoms with Crippen LogP contribution >= 0.6 is 27.5 Å². The second kappa shape index (κ2) is 8.14. The van der Waals surface area contributed by atoms with E-state index in [1.165, 1.54) is 0 Å². The highest BCUT2D eigenvalue weighted by atomic mass is 79.9. The van der Waals surface area contributed by atoms with Gasteiger partial charge < -0.3 is 24.9 Å². The Morgan fingerprint density at radius 2 is 2.13 bits per heavy atom. The Kier molecular flexibility index (Phi) is 5.71. The first-order valence-corrected chi connectivity index (χ1v) is 10.5. The van der Waals surface area contributed by atoms with Gasteiger partial charge in [-0.3, -0.25) is 4.79 Å². The summed E-state index contributed by atoms with van der Waals surface area (Å²) < 4.78 is 14.2. The van der Waals surface area contributed by atoms with Gasteiger partial charge in [-0.1, -0.05) is 28.1 Å². The maximum absolute atomic E-state index is 12.2. The number of aromatic nitrogens is 3. The van der Waals surface area contributed by atoms with Crippen molar-refractivity contribution in [3.05, 3.63) is 51.8 Å². The van der Waals surface area contributed by atoms with E-state index in [0.29, 0.717) is 17.5 Å². The van der Waals surface area contributed by atoms with Gasteiger partial charge in [-0.2, -0.15) is 4.98 Å². The van der Waals surface area contributed by atoms with Gasteiger partial charge in [-0.25, -0.2) is 4.98 Å². The summed E-state index contributed by atoms with van der Waals surface area (Å²) in [5.41, 5.74) is 6.20. The summed E-state index contributed by atoms with van der Waals surface area (Å²) in [6.45, 7) is 1.64. The van der Waals surface area contributed by atoms with Crippen LogP contribution in [0.3, 0.4) is 0 Å². The predicted octanol–water partition coefficient (Wildman–Crippen LogP) is 3.25. The van der Waals surface area contributed by atoms with Crippen LogP contribution in [-0.4, -0.2) is 43.9 Å². The largest absolute Gasteiger partial charge is 0.462 e. The molecule has 0 amide bonds. The third kappa shape index (κ3) is 4.15. The van der Waals surface area contributed by atoms with Crippen LogP contribution < -0.4 is 5.73 Å². The standard InChI is InChI=1S/C20H20BrClN4O4/c1-20(10-29-16(28)8-11-2-4-12(21)5-3-11)14(27)9-15(30-20)26-7-6-13-17(23)24-19(22)25-18(13)26/h2-7,14-15,27H,8-10H2,1H3,(H2,23,24,25)/t14-,15+,20+/m0/s1. The molecule has 0 spiro atoms. The molecule has 2 aromatic heterocycles. The molecule has 30 heavy (non-hydrogen) atoms. The zero-order valence-electron chi connectivity index (χ0n) is 16.1. The number of carbonyl (C=O) groups is 1. The zero-order valence-corrected chi connectivity index (χ0v) is 18.4. The molecule has 158 valence electrons. The molecule has 1 aliphatic rings. The normalized spacial score (nSPS) is 23.7. The van der Waals surface area contributed by atoms with Crippen molar-refractivity contribution in [3.63, 3.8) is 0 Å². The summed E-state index contributed by atoms with van der Waals surface area (Å²) in [4.78, 5) is 20.4. The molecule has 1 aliphatic heterocycles. The number of hydrogen-bond acceptors (Lipinski definition) is 7. The van der Waals surface area contributed by atoms with E-state index < -0.39 is 23.9 Å². The first kappa shape index (κ1) is 21.0. The van der Waals surface area contributed by atoms with Gasteiger partial charge >= 0.3 is 5.97 Å². The van der Waals surface area contributed by atoms with Crippen LogP contribution in [0.5, 0.6) is 0 Å². The summed E-state index contributed by atoms with van der Waals surface area (Å²) in [6, 6.07) is 9.19. The number of nitrogen functional groups attached to an aromatic ring is 1. The monoisotopic (exact) mass is 494 g/mol. The highest BCUT2D eigenvalue weighted by molar-refractivity contribution is 9.10. The molecule has 0 saturated carbocycles. The number of ether oxygens (including phenoxy) is 2. The summed E-state index contributed by atoms with van der Waals surface area (Å²) in [5.74, 6) is -0.122. The van der Waals surface area contributed by atoms with Crippen LogP contribution in [-0.2, 0) is 20.7 Å². The molecule has 10 heteroatoms. The average Bonchev–Trinajstić information content (AvgIpc) is 3.24. The van der Waals surface area contributed by atoms with Crippen molar-refractivity contribution in [2.45, 2.75) is 37.7 Å². The van der Waals surface area contributed by atoms with E-state index in [1.54, 1.807) is 23.8 Å². The maximum Gasteiger partial charge on any atom is 0.310 e. The molecular formula is C20H20BrClN4O4. The van der Waals surface area contributed by atoms with Gasteiger partial charge in [0.15, 0.2) is 0 Å². The molecule has 3 N–H and O–H groups in total. The van der Waals surface area contributed by atoms with E-state index >= 15 is 0 Å². The molecule has 8 nitrogen and oxygen atoms in total. The van der Waals surface area contributed by atoms with Gasteiger partial charge in [-0.05, 0) is 42.3 Å². The first-order chi connectivity index (χ1) is 14.2. The molecule has 1 saturated heterocycles. The SMILES string of the molecule is C[C@]1(COC(=O)Cc2ccc(Br)cc2)O[C@@H](n2ccc3c(N)nc(Cl)nc32)C[C@@H]1O. The van der Waals surface area contributed by atoms with Crippen LogP contribution in [0, 0.1) is 0 Å². The fraction of sp³-hybridized carbons (Fsp3) is 0.350. The van der Waals surface area contributed by atoms with Gasteiger partial charge in [0.2, 0.25) is 5.28 Å². The number of rotatable bonds is 5. The van der Waals surface area contributed by atoms with Crippen molar-refractivity contribution in [3.8, 4) is 0 Å². The number of aliphatic hydroxyl groups is 1. The lowest BCUT2D eigenvalue weighted by atomic mass is 10.0. The van der Waals surface area contributed by atoms with E-state index in [9.17, 15) is 9.90 Å². The Morgan fingerprint density at radius 1 is 1.40 bits per heavy atom. The van der Waals surface area contributed by atoms with Gasteiger partial charge in [0.1, 0.15) is 29.9 Å². The minimum Gasteiger partial charge on any atom is -0.462 e. The van der Waals surface area contributed by atoms with Crippen LogP contribution in [0.2, 0.25) is 5.28 Å². The minimum atomic E-state index is -1.06. The minimum absolute atomic E-state index is 0.0307. The van der Waals surface area contributed by atoms with Crippen LogP contribution in [0.1, 0.15) is 25.1 Å². The third-order valence-corrected chi connectivity index (χ3v) is 5.90. The molecule has 4 rings (SSSR count). The summed E-state index contributed by atoms with van der Waals surface area (Å²) in [5, 5.41) is 11.3. The lowest BCUT2D eigenvalue weighted by Crippen LogP contribution is -2.41. The zero-order chi connectivity index (χ0) is 21.5. The van der Waals surface area contributed by atoms with E-state index in [4.69, 9.17) is 26.8 Å². The van der Waals surface area contributed by atoms with E-state index in [0.717, 1.165) is 10.0 Å². The number of benzene rings is 1. The quantitative estimate of drug-likeness (QED) is 0.413. The van der Waals surface area contributed by atoms with E-state index in [-0.39, 0.29) is 24.1 Å². The number of aliphatic hydroxyl groups excluding tert-OH is 1. The summed E-state index contributed by atoms with van der Waals surface area (Å²) >= 11 is 9.30. The second-order valence-corrected chi connectivity index (χ2v) is 8.69. The highest BCUT2D eigenvalue weighted by Crippen LogP contribution is 2.39. The smallest absolute Gasteiger partial charge is 0.310 e.